The molecule has 0 aliphatic carbocycles. The van der Waals surface area contributed by atoms with Crippen LogP contribution in [0.5, 0.6) is 11.5 Å². The Morgan fingerprint density at radius 2 is 2.10 bits per heavy atom. The quantitative estimate of drug-likeness (QED) is 0.763. The van der Waals surface area contributed by atoms with Crippen LogP contribution in [0.25, 0.3) is 0 Å². The van der Waals surface area contributed by atoms with Crippen LogP contribution in [0.1, 0.15) is 16.8 Å². The molecule has 0 bridgehead atoms. The summed E-state index contributed by atoms with van der Waals surface area (Å²) in [6, 6.07) is 4.23. The van der Waals surface area contributed by atoms with Gasteiger partial charge in [-0.2, -0.15) is 0 Å². The fourth-order valence-electron chi connectivity index (χ4n) is 2.09. The molecule has 0 radical (unpaired) electrons. The van der Waals surface area contributed by atoms with E-state index < -0.39 is 5.97 Å². The zero-order valence-corrected chi connectivity index (χ0v) is 11.2. The fraction of sp³-hybridized carbons (Fsp3) is 0.500. The highest BCUT2D eigenvalue weighted by molar-refractivity contribution is 5.90. The van der Waals surface area contributed by atoms with Crippen molar-refractivity contribution in [2.75, 3.05) is 39.5 Å². The van der Waals surface area contributed by atoms with E-state index in [1.807, 2.05) is 0 Å². The molecule has 0 unspecified atom stereocenters. The largest absolute Gasteiger partial charge is 0.507 e. The first-order valence-electron chi connectivity index (χ1n) is 6.66. The van der Waals surface area contributed by atoms with Crippen molar-refractivity contribution in [2.24, 2.45) is 0 Å². The molecule has 110 valence electrons. The number of rotatable bonds is 6. The van der Waals surface area contributed by atoms with Crippen LogP contribution in [0, 0.1) is 0 Å². The summed E-state index contributed by atoms with van der Waals surface area (Å²) in [6.45, 7) is 4.95. The minimum Gasteiger partial charge on any atom is -0.507 e. The molecule has 20 heavy (non-hydrogen) atoms. The van der Waals surface area contributed by atoms with Gasteiger partial charge in [-0.3, -0.25) is 4.90 Å². The summed E-state index contributed by atoms with van der Waals surface area (Å²) < 4.78 is 10.8. The molecule has 6 heteroatoms. The number of carbonyl (C=O) groups is 1. The van der Waals surface area contributed by atoms with Crippen LogP contribution in [-0.2, 0) is 4.74 Å². The molecule has 1 aromatic carbocycles. The maximum absolute atomic E-state index is 10.8. The first-order valence-corrected chi connectivity index (χ1v) is 6.66. The van der Waals surface area contributed by atoms with Gasteiger partial charge in [0.1, 0.15) is 17.1 Å². The molecule has 0 atom stereocenters. The van der Waals surface area contributed by atoms with Gasteiger partial charge in [0.15, 0.2) is 0 Å². The zero-order chi connectivity index (χ0) is 14.4. The van der Waals surface area contributed by atoms with Gasteiger partial charge in [0.2, 0.25) is 0 Å². The van der Waals surface area contributed by atoms with Gasteiger partial charge in [-0.05, 0) is 18.6 Å². The Labute approximate surface area is 117 Å². The topological polar surface area (TPSA) is 79.2 Å². The smallest absolute Gasteiger partial charge is 0.339 e. The van der Waals surface area contributed by atoms with Crippen LogP contribution < -0.4 is 4.74 Å². The molecule has 0 amide bonds. The summed E-state index contributed by atoms with van der Waals surface area (Å²) in [4.78, 5) is 13.1. The second-order valence-electron chi connectivity index (χ2n) is 4.64. The SMILES string of the molecule is O=C(O)c1ccc(OCCCN2CCOCC2)cc1O. The summed E-state index contributed by atoms with van der Waals surface area (Å²) in [5, 5.41) is 18.3. The van der Waals surface area contributed by atoms with E-state index in [-0.39, 0.29) is 11.3 Å². The first kappa shape index (κ1) is 14.6. The van der Waals surface area contributed by atoms with E-state index in [1.165, 1.54) is 12.1 Å². The van der Waals surface area contributed by atoms with Crippen LogP contribution in [0.2, 0.25) is 0 Å². The monoisotopic (exact) mass is 281 g/mol. The van der Waals surface area contributed by atoms with E-state index in [0.717, 1.165) is 39.3 Å². The molecule has 1 aliphatic heterocycles. The maximum atomic E-state index is 10.8. The molecule has 1 saturated heterocycles. The number of hydrogen-bond acceptors (Lipinski definition) is 5. The molecular formula is C14H19NO5. The molecule has 1 heterocycles. The Bertz CT molecular complexity index is 457. The normalized spacial score (nSPS) is 16.0. The zero-order valence-electron chi connectivity index (χ0n) is 11.2. The van der Waals surface area contributed by atoms with E-state index in [1.54, 1.807) is 6.07 Å². The van der Waals surface area contributed by atoms with E-state index >= 15 is 0 Å². The molecular weight excluding hydrogens is 262 g/mol. The van der Waals surface area contributed by atoms with Gasteiger partial charge in [0, 0.05) is 25.7 Å². The van der Waals surface area contributed by atoms with Crippen LogP contribution in [0.15, 0.2) is 18.2 Å². The van der Waals surface area contributed by atoms with Crippen LogP contribution >= 0.6 is 0 Å². The fourth-order valence-corrected chi connectivity index (χ4v) is 2.09. The van der Waals surface area contributed by atoms with Gasteiger partial charge in [0.25, 0.3) is 0 Å². The lowest BCUT2D eigenvalue weighted by Crippen LogP contribution is -2.37. The van der Waals surface area contributed by atoms with Crippen LogP contribution in [-0.4, -0.2) is 60.5 Å². The summed E-state index contributed by atoms with van der Waals surface area (Å²) in [5.74, 6) is -0.945. The number of carboxylic acids is 1. The molecule has 1 fully saturated rings. The average Bonchev–Trinajstić information content (AvgIpc) is 2.44. The van der Waals surface area contributed by atoms with E-state index in [9.17, 15) is 9.90 Å². The summed E-state index contributed by atoms with van der Waals surface area (Å²) in [6.07, 6.45) is 0.876. The molecule has 2 rings (SSSR count). The lowest BCUT2D eigenvalue weighted by Gasteiger charge is -2.26. The van der Waals surface area contributed by atoms with Gasteiger partial charge >= 0.3 is 5.97 Å². The molecule has 2 N–H and O–H groups in total. The lowest BCUT2D eigenvalue weighted by atomic mass is 10.2. The number of ether oxygens (including phenoxy) is 2. The Balaban J connectivity index is 1.73. The molecule has 1 aliphatic rings. The Kier molecular flexibility index (Phi) is 5.20. The minimum absolute atomic E-state index is 0.120. The molecule has 0 saturated carbocycles. The summed E-state index contributed by atoms with van der Waals surface area (Å²) >= 11 is 0. The standard InChI is InChI=1S/C14H19NO5/c16-13-10-11(2-3-12(13)14(17)18)20-7-1-4-15-5-8-19-9-6-15/h2-3,10,16H,1,4-9H2,(H,17,18). The number of carboxylic acid groups (broad SMARTS) is 1. The number of benzene rings is 1. The van der Waals surface area contributed by atoms with Crippen molar-refractivity contribution in [3.8, 4) is 11.5 Å². The third-order valence-corrected chi connectivity index (χ3v) is 3.19. The molecule has 0 spiro atoms. The van der Waals surface area contributed by atoms with Crippen molar-refractivity contribution >= 4 is 5.97 Å². The molecule has 1 aromatic rings. The third kappa shape index (κ3) is 4.11. The third-order valence-electron chi connectivity index (χ3n) is 3.19. The first-order chi connectivity index (χ1) is 9.66. The van der Waals surface area contributed by atoms with Crippen molar-refractivity contribution in [1.82, 2.24) is 4.90 Å². The van der Waals surface area contributed by atoms with E-state index in [4.69, 9.17) is 14.6 Å². The predicted octanol–water partition coefficient (Wildman–Crippen LogP) is 1.19. The van der Waals surface area contributed by atoms with Crippen molar-refractivity contribution in [2.45, 2.75) is 6.42 Å². The number of phenols is 1. The molecule has 6 nitrogen and oxygen atoms in total. The van der Waals surface area contributed by atoms with Crippen LogP contribution in [0.4, 0.5) is 0 Å². The number of aromatic carboxylic acids is 1. The number of hydrogen-bond donors (Lipinski definition) is 2. The second-order valence-corrected chi connectivity index (χ2v) is 4.64. The predicted molar refractivity (Wildman–Crippen MR) is 72.4 cm³/mol. The second kappa shape index (κ2) is 7.12. The van der Waals surface area contributed by atoms with E-state index in [2.05, 4.69) is 4.90 Å². The van der Waals surface area contributed by atoms with Gasteiger partial charge in [-0.15, -0.1) is 0 Å². The highest BCUT2D eigenvalue weighted by Crippen LogP contribution is 2.23. The molecule has 0 aromatic heterocycles. The van der Waals surface area contributed by atoms with Crippen molar-refractivity contribution in [3.63, 3.8) is 0 Å². The number of nitrogens with zero attached hydrogens (tertiary/aromatic N) is 1. The van der Waals surface area contributed by atoms with Gasteiger partial charge in [0.05, 0.1) is 19.8 Å². The Hall–Kier alpha value is -1.79. The van der Waals surface area contributed by atoms with Crippen molar-refractivity contribution in [1.29, 1.82) is 0 Å². The van der Waals surface area contributed by atoms with Crippen molar-refractivity contribution < 1.29 is 24.5 Å². The highest BCUT2D eigenvalue weighted by Gasteiger charge is 2.11. The van der Waals surface area contributed by atoms with Gasteiger partial charge < -0.3 is 19.7 Å². The van der Waals surface area contributed by atoms with Gasteiger partial charge in [-0.1, -0.05) is 0 Å². The lowest BCUT2D eigenvalue weighted by molar-refractivity contribution is 0.0358. The minimum atomic E-state index is -1.15. The summed E-state index contributed by atoms with van der Waals surface area (Å²) in [7, 11) is 0. The van der Waals surface area contributed by atoms with E-state index in [0.29, 0.717) is 12.4 Å². The number of morpholine rings is 1. The Morgan fingerprint density at radius 1 is 1.35 bits per heavy atom. The average molecular weight is 281 g/mol. The Morgan fingerprint density at radius 3 is 2.75 bits per heavy atom. The summed E-state index contributed by atoms with van der Waals surface area (Å²) in [5.41, 5.74) is -0.120. The highest BCUT2D eigenvalue weighted by atomic mass is 16.5. The maximum Gasteiger partial charge on any atom is 0.339 e. The van der Waals surface area contributed by atoms with Crippen molar-refractivity contribution in [3.05, 3.63) is 23.8 Å². The number of aromatic hydroxyl groups is 1. The van der Waals surface area contributed by atoms with Crippen LogP contribution in [0.3, 0.4) is 0 Å². The van der Waals surface area contributed by atoms with Gasteiger partial charge in [-0.25, -0.2) is 4.79 Å².